The van der Waals surface area contributed by atoms with Gasteiger partial charge >= 0.3 is 0 Å². The summed E-state index contributed by atoms with van der Waals surface area (Å²) in [5, 5.41) is 9.57. The number of likely N-dealkylation sites (tertiary alicyclic amines) is 1. The van der Waals surface area contributed by atoms with Crippen LogP contribution in [-0.4, -0.2) is 39.2 Å². The molecule has 84 valence electrons. The number of hydrogen-bond acceptors (Lipinski definition) is 3. The summed E-state index contributed by atoms with van der Waals surface area (Å²) in [5.74, 6) is 1.44. The Morgan fingerprint density at radius 3 is 3.27 bits per heavy atom. The van der Waals surface area contributed by atoms with Gasteiger partial charge in [-0.25, -0.2) is 4.98 Å². The summed E-state index contributed by atoms with van der Waals surface area (Å²) in [6.45, 7) is 4.86. The minimum absolute atomic E-state index is 0.190. The second kappa shape index (κ2) is 4.77. The summed E-state index contributed by atoms with van der Waals surface area (Å²) < 4.78 is 0. The maximum absolute atomic E-state index is 9.57. The van der Waals surface area contributed by atoms with Gasteiger partial charge in [-0.3, -0.25) is 4.90 Å². The van der Waals surface area contributed by atoms with Crippen molar-refractivity contribution < 1.29 is 5.11 Å². The fourth-order valence-electron chi connectivity index (χ4n) is 2.22. The molecule has 0 aliphatic carbocycles. The first-order valence-electron chi connectivity index (χ1n) is 5.64. The lowest BCUT2D eigenvalue weighted by atomic mass is 9.93. The molecule has 1 saturated heterocycles. The lowest BCUT2D eigenvalue weighted by Gasteiger charge is -2.33. The van der Waals surface area contributed by atoms with E-state index in [0.29, 0.717) is 5.92 Å². The Morgan fingerprint density at radius 1 is 1.73 bits per heavy atom. The molecule has 0 radical (unpaired) electrons. The average molecular weight is 209 g/mol. The molecule has 0 aromatic carbocycles. The number of hydrogen-bond donors (Lipinski definition) is 2. The highest BCUT2D eigenvalue weighted by Crippen LogP contribution is 2.20. The first-order chi connectivity index (χ1) is 7.25. The molecule has 1 aromatic heterocycles. The molecule has 2 heterocycles. The monoisotopic (exact) mass is 209 g/mol. The van der Waals surface area contributed by atoms with E-state index >= 15 is 0 Å². The van der Waals surface area contributed by atoms with Gasteiger partial charge < -0.3 is 10.1 Å². The lowest BCUT2D eigenvalue weighted by molar-refractivity contribution is 0.0590. The smallest absolute Gasteiger partial charge is 0.120 e. The summed E-state index contributed by atoms with van der Waals surface area (Å²) in [5.41, 5.74) is 0. The summed E-state index contributed by atoms with van der Waals surface area (Å²) in [6, 6.07) is 0. The molecule has 4 heteroatoms. The largest absolute Gasteiger partial charge is 0.393 e. The van der Waals surface area contributed by atoms with Gasteiger partial charge in [0.25, 0.3) is 0 Å². The summed E-state index contributed by atoms with van der Waals surface area (Å²) in [4.78, 5) is 9.69. The predicted octanol–water partition coefficient (Wildman–Crippen LogP) is 1.00. The van der Waals surface area contributed by atoms with E-state index in [0.717, 1.165) is 31.9 Å². The maximum Gasteiger partial charge on any atom is 0.120 e. The van der Waals surface area contributed by atoms with Gasteiger partial charge in [0.2, 0.25) is 0 Å². The van der Waals surface area contributed by atoms with Crippen LogP contribution in [-0.2, 0) is 6.54 Å². The molecule has 1 aliphatic rings. The number of aromatic nitrogens is 2. The number of nitrogens with zero attached hydrogens (tertiary/aromatic N) is 2. The highest BCUT2D eigenvalue weighted by atomic mass is 16.3. The number of nitrogens with one attached hydrogen (secondary N) is 1. The normalized spacial score (nSPS) is 25.3. The zero-order valence-corrected chi connectivity index (χ0v) is 9.19. The third kappa shape index (κ3) is 2.79. The van der Waals surface area contributed by atoms with E-state index in [4.69, 9.17) is 0 Å². The third-order valence-electron chi connectivity index (χ3n) is 3.15. The summed E-state index contributed by atoms with van der Waals surface area (Å²) >= 11 is 0. The molecule has 15 heavy (non-hydrogen) atoms. The second-order valence-electron chi connectivity index (χ2n) is 4.41. The first-order valence-corrected chi connectivity index (χ1v) is 5.64. The highest BCUT2D eigenvalue weighted by Gasteiger charge is 2.23. The van der Waals surface area contributed by atoms with Crippen LogP contribution < -0.4 is 0 Å². The van der Waals surface area contributed by atoms with E-state index < -0.39 is 0 Å². The number of aliphatic hydroxyl groups is 1. The van der Waals surface area contributed by atoms with Crippen LogP contribution >= 0.6 is 0 Å². The average Bonchev–Trinajstić information content (AvgIpc) is 2.71. The van der Waals surface area contributed by atoms with Crippen molar-refractivity contribution in [2.75, 3.05) is 13.1 Å². The molecule has 1 aliphatic heterocycles. The molecule has 0 spiro atoms. The fourth-order valence-corrected chi connectivity index (χ4v) is 2.22. The Bertz CT molecular complexity index is 284. The van der Waals surface area contributed by atoms with Crippen LogP contribution in [0.25, 0.3) is 0 Å². The van der Waals surface area contributed by atoms with Gasteiger partial charge in [-0.05, 0) is 32.2 Å². The number of aromatic amines is 1. The third-order valence-corrected chi connectivity index (χ3v) is 3.15. The SMILES string of the molecule is CC(O)C1CCCN(Cc2ncc[nH]2)C1. The minimum atomic E-state index is -0.190. The molecule has 2 rings (SSSR count). The van der Waals surface area contributed by atoms with E-state index in [-0.39, 0.29) is 6.10 Å². The zero-order chi connectivity index (χ0) is 10.7. The van der Waals surface area contributed by atoms with Gasteiger partial charge in [0.05, 0.1) is 12.6 Å². The van der Waals surface area contributed by atoms with Crippen molar-refractivity contribution in [1.29, 1.82) is 0 Å². The van der Waals surface area contributed by atoms with Gasteiger partial charge in [0, 0.05) is 18.9 Å². The molecule has 1 aromatic rings. The van der Waals surface area contributed by atoms with E-state index in [1.807, 2.05) is 13.1 Å². The zero-order valence-electron chi connectivity index (χ0n) is 9.19. The van der Waals surface area contributed by atoms with E-state index in [9.17, 15) is 5.11 Å². The van der Waals surface area contributed by atoms with Gasteiger partial charge in [-0.1, -0.05) is 0 Å². The standard InChI is InChI=1S/C11H19N3O/c1-9(15)10-3-2-6-14(7-10)8-11-12-4-5-13-11/h4-5,9-10,15H,2-3,6-8H2,1H3,(H,12,13). The van der Waals surface area contributed by atoms with Crippen molar-refractivity contribution in [2.45, 2.75) is 32.4 Å². The number of H-pyrrole nitrogens is 1. The fraction of sp³-hybridized carbons (Fsp3) is 0.727. The Balaban J connectivity index is 1.88. The Morgan fingerprint density at radius 2 is 2.60 bits per heavy atom. The number of imidazole rings is 1. The molecule has 2 atom stereocenters. The number of aliphatic hydroxyl groups excluding tert-OH is 1. The van der Waals surface area contributed by atoms with Crippen molar-refractivity contribution in [3.8, 4) is 0 Å². The molecule has 0 amide bonds. The topological polar surface area (TPSA) is 52.1 Å². The molecule has 0 bridgehead atoms. The molecule has 2 unspecified atom stereocenters. The van der Waals surface area contributed by atoms with Crippen molar-refractivity contribution >= 4 is 0 Å². The van der Waals surface area contributed by atoms with E-state index in [1.54, 1.807) is 6.20 Å². The quantitative estimate of drug-likeness (QED) is 0.781. The van der Waals surface area contributed by atoms with Crippen molar-refractivity contribution in [3.05, 3.63) is 18.2 Å². The van der Waals surface area contributed by atoms with Crippen LogP contribution in [0.2, 0.25) is 0 Å². The Kier molecular flexibility index (Phi) is 3.38. The Hall–Kier alpha value is -0.870. The van der Waals surface area contributed by atoms with Crippen LogP contribution in [0.4, 0.5) is 0 Å². The van der Waals surface area contributed by atoms with E-state index in [2.05, 4.69) is 14.9 Å². The lowest BCUT2D eigenvalue weighted by Crippen LogP contribution is -2.39. The number of piperidine rings is 1. The molecule has 4 nitrogen and oxygen atoms in total. The molecule has 0 saturated carbocycles. The van der Waals surface area contributed by atoms with Crippen LogP contribution in [0.1, 0.15) is 25.6 Å². The Labute approximate surface area is 90.3 Å². The van der Waals surface area contributed by atoms with Gasteiger partial charge in [-0.2, -0.15) is 0 Å². The van der Waals surface area contributed by atoms with Crippen LogP contribution in [0, 0.1) is 5.92 Å². The second-order valence-corrected chi connectivity index (χ2v) is 4.41. The van der Waals surface area contributed by atoms with Crippen LogP contribution in [0.15, 0.2) is 12.4 Å². The van der Waals surface area contributed by atoms with Crippen molar-refractivity contribution in [2.24, 2.45) is 5.92 Å². The molecular weight excluding hydrogens is 190 g/mol. The van der Waals surface area contributed by atoms with Gasteiger partial charge in [0.1, 0.15) is 5.82 Å². The molecule has 1 fully saturated rings. The van der Waals surface area contributed by atoms with Gasteiger partial charge in [0.15, 0.2) is 0 Å². The first kappa shape index (κ1) is 10.6. The van der Waals surface area contributed by atoms with Crippen molar-refractivity contribution in [3.63, 3.8) is 0 Å². The maximum atomic E-state index is 9.57. The van der Waals surface area contributed by atoms with E-state index in [1.165, 1.54) is 6.42 Å². The summed E-state index contributed by atoms with van der Waals surface area (Å²) in [6.07, 6.45) is 5.77. The minimum Gasteiger partial charge on any atom is -0.393 e. The van der Waals surface area contributed by atoms with Crippen molar-refractivity contribution in [1.82, 2.24) is 14.9 Å². The highest BCUT2D eigenvalue weighted by molar-refractivity contribution is 4.88. The van der Waals surface area contributed by atoms with Crippen LogP contribution in [0.3, 0.4) is 0 Å². The van der Waals surface area contributed by atoms with Gasteiger partial charge in [-0.15, -0.1) is 0 Å². The number of rotatable bonds is 3. The molecular formula is C11H19N3O. The van der Waals surface area contributed by atoms with Crippen LogP contribution in [0.5, 0.6) is 0 Å². The summed E-state index contributed by atoms with van der Waals surface area (Å²) in [7, 11) is 0. The predicted molar refractivity (Wildman–Crippen MR) is 58.3 cm³/mol. The molecule has 2 N–H and O–H groups in total.